The molecule has 0 spiro atoms. The summed E-state index contributed by atoms with van der Waals surface area (Å²) in [6.07, 6.45) is 0. The monoisotopic (exact) mass is 266 g/mol. The molecule has 0 aliphatic carbocycles. The Balaban J connectivity index is 2.53. The predicted octanol–water partition coefficient (Wildman–Crippen LogP) is 4.77. The van der Waals surface area contributed by atoms with Crippen molar-refractivity contribution in [3.8, 4) is 11.1 Å². The fourth-order valence-electron chi connectivity index (χ4n) is 1.34. The van der Waals surface area contributed by atoms with Crippen LogP contribution in [0.2, 0.25) is 5.02 Å². The molecule has 0 saturated carbocycles. The smallest absolute Gasteiger partial charge is 0.0417 e. The van der Waals surface area contributed by atoms with E-state index in [1.807, 2.05) is 36.4 Å². The Morgan fingerprint density at radius 2 is 1.64 bits per heavy atom. The highest BCUT2D eigenvalue weighted by Gasteiger charge is 2.02. The van der Waals surface area contributed by atoms with E-state index in [9.17, 15) is 0 Å². The van der Waals surface area contributed by atoms with Gasteiger partial charge >= 0.3 is 0 Å². The molecule has 0 bridgehead atoms. The Labute approximate surface area is 96.7 Å². The van der Waals surface area contributed by atoms with Crippen molar-refractivity contribution in [2.75, 3.05) is 0 Å². The number of benzene rings is 2. The maximum atomic E-state index is 5.87. The summed E-state index contributed by atoms with van der Waals surface area (Å²) in [6, 6.07) is 16.0. The second kappa shape index (κ2) is 4.16. The van der Waals surface area contributed by atoms with E-state index in [1.54, 1.807) is 0 Å². The molecule has 2 heteroatoms. The van der Waals surface area contributed by atoms with Crippen molar-refractivity contribution in [1.82, 2.24) is 0 Å². The van der Waals surface area contributed by atoms with Gasteiger partial charge in [0.05, 0.1) is 0 Å². The highest BCUT2D eigenvalue weighted by atomic mass is 79.9. The average Bonchev–Trinajstić information content (AvgIpc) is 2.19. The van der Waals surface area contributed by atoms with Crippen LogP contribution in [-0.2, 0) is 0 Å². The average molecular weight is 268 g/mol. The topological polar surface area (TPSA) is 0 Å². The van der Waals surface area contributed by atoms with Gasteiger partial charge in [0, 0.05) is 9.50 Å². The van der Waals surface area contributed by atoms with E-state index in [0.29, 0.717) is 0 Å². The zero-order valence-electron chi connectivity index (χ0n) is 7.37. The van der Waals surface area contributed by atoms with Gasteiger partial charge in [0.1, 0.15) is 0 Å². The first-order valence-electron chi connectivity index (χ1n) is 4.28. The molecule has 2 rings (SSSR count). The lowest BCUT2D eigenvalue weighted by Gasteiger charge is -2.04. The molecule has 70 valence electrons. The van der Waals surface area contributed by atoms with Gasteiger partial charge in [-0.1, -0.05) is 63.9 Å². The number of rotatable bonds is 1. The van der Waals surface area contributed by atoms with Crippen molar-refractivity contribution < 1.29 is 0 Å². The van der Waals surface area contributed by atoms with Crippen molar-refractivity contribution in [1.29, 1.82) is 0 Å². The summed E-state index contributed by atoms with van der Waals surface area (Å²) in [7, 11) is 0. The molecule has 0 atom stereocenters. The van der Waals surface area contributed by atoms with Gasteiger partial charge in [-0.05, 0) is 23.3 Å². The summed E-state index contributed by atoms with van der Waals surface area (Å²) < 4.78 is 1.02. The molecule has 2 aromatic rings. The Hall–Kier alpha value is -0.790. The van der Waals surface area contributed by atoms with Crippen LogP contribution in [0.15, 0.2) is 53.0 Å². The van der Waals surface area contributed by atoms with E-state index in [4.69, 9.17) is 11.6 Å². The van der Waals surface area contributed by atoms with Gasteiger partial charge in [-0.25, -0.2) is 0 Å². The molecule has 0 saturated heterocycles. The van der Waals surface area contributed by atoms with E-state index >= 15 is 0 Å². The van der Waals surface area contributed by atoms with Crippen LogP contribution in [0.4, 0.5) is 0 Å². The highest BCUT2D eigenvalue weighted by molar-refractivity contribution is 9.10. The molecule has 14 heavy (non-hydrogen) atoms. The molecule has 0 aromatic heterocycles. The van der Waals surface area contributed by atoms with E-state index in [1.165, 1.54) is 5.56 Å². The summed E-state index contributed by atoms with van der Waals surface area (Å²) in [5.41, 5.74) is 2.35. The van der Waals surface area contributed by atoms with Crippen LogP contribution in [0.5, 0.6) is 0 Å². The molecule has 0 heterocycles. The first-order chi connectivity index (χ1) is 6.77. The molecular formula is C12H8BrCl. The lowest BCUT2D eigenvalue weighted by atomic mass is 10.1. The second-order valence-electron chi connectivity index (χ2n) is 2.99. The van der Waals surface area contributed by atoms with Crippen LogP contribution >= 0.6 is 27.5 Å². The zero-order valence-corrected chi connectivity index (χ0v) is 9.72. The minimum Gasteiger partial charge on any atom is -0.0843 e. The third-order valence-electron chi connectivity index (χ3n) is 2.02. The third kappa shape index (κ3) is 1.99. The van der Waals surface area contributed by atoms with Gasteiger partial charge in [-0.2, -0.15) is 0 Å². The van der Waals surface area contributed by atoms with Crippen LogP contribution in [0.3, 0.4) is 0 Å². The van der Waals surface area contributed by atoms with Crippen LogP contribution in [0.1, 0.15) is 0 Å². The maximum absolute atomic E-state index is 5.87. The highest BCUT2D eigenvalue weighted by Crippen LogP contribution is 2.30. The Morgan fingerprint density at radius 1 is 0.929 bits per heavy atom. The molecule has 0 radical (unpaired) electrons. The molecule has 0 nitrogen and oxygen atoms in total. The molecule has 0 unspecified atom stereocenters. The predicted molar refractivity (Wildman–Crippen MR) is 64.6 cm³/mol. The van der Waals surface area contributed by atoms with Crippen LogP contribution in [0, 0.1) is 0 Å². The van der Waals surface area contributed by atoms with Crippen molar-refractivity contribution >= 4 is 27.5 Å². The summed E-state index contributed by atoms with van der Waals surface area (Å²) in [5, 5.41) is 0.747. The van der Waals surface area contributed by atoms with E-state index in [0.717, 1.165) is 15.1 Å². The molecule has 0 amide bonds. The summed E-state index contributed by atoms with van der Waals surface area (Å²) >= 11 is 9.37. The minimum absolute atomic E-state index is 0.747. The van der Waals surface area contributed by atoms with Crippen molar-refractivity contribution in [3.05, 3.63) is 58.0 Å². The van der Waals surface area contributed by atoms with Crippen molar-refractivity contribution in [2.45, 2.75) is 0 Å². The largest absolute Gasteiger partial charge is 0.0843 e. The lowest BCUT2D eigenvalue weighted by molar-refractivity contribution is 1.58. The van der Waals surface area contributed by atoms with Crippen molar-refractivity contribution in [2.24, 2.45) is 0 Å². The van der Waals surface area contributed by atoms with Gasteiger partial charge in [0.2, 0.25) is 0 Å². The number of hydrogen-bond acceptors (Lipinski definition) is 0. The van der Waals surface area contributed by atoms with Gasteiger partial charge in [-0.15, -0.1) is 0 Å². The van der Waals surface area contributed by atoms with Crippen LogP contribution < -0.4 is 0 Å². The maximum Gasteiger partial charge on any atom is 0.0417 e. The molecule has 2 aromatic carbocycles. The van der Waals surface area contributed by atoms with Crippen molar-refractivity contribution in [3.63, 3.8) is 0 Å². The Bertz CT molecular complexity index is 437. The summed E-state index contributed by atoms with van der Waals surface area (Å²) in [4.78, 5) is 0. The summed E-state index contributed by atoms with van der Waals surface area (Å²) in [6.45, 7) is 0. The minimum atomic E-state index is 0.747. The fourth-order valence-corrected chi connectivity index (χ4v) is 2.25. The molecule has 0 aliphatic heterocycles. The normalized spacial score (nSPS) is 10.1. The van der Waals surface area contributed by atoms with Gasteiger partial charge in [-0.3, -0.25) is 0 Å². The Morgan fingerprint density at radius 3 is 2.29 bits per heavy atom. The van der Waals surface area contributed by atoms with Gasteiger partial charge < -0.3 is 0 Å². The standard InChI is InChI=1S/C12H8BrCl/c13-12-8-10(14)6-7-11(12)9-4-2-1-3-5-9/h1-8H. The van der Waals surface area contributed by atoms with Crippen LogP contribution in [-0.4, -0.2) is 0 Å². The third-order valence-corrected chi connectivity index (χ3v) is 2.91. The summed E-state index contributed by atoms with van der Waals surface area (Å²) in [5.74, 6) is 0. The zero-order chi connectivity index (χ0) is 9.97. The van der Waals surface area contributed by atoms with E-state index in [2.05, 4.69) is 28.1 Å². The van der Waals surface area contributed by atoms with Gasteiger partial charge in [0.25, 0.3) is 0 Å². The van der Waals surface area contributed by atoms with Crippen LogP contribution in [0.25, 0.3) is 11.1 Å². The quantitative estimate of drug-likeness (QED) is 0.698. The molecule has 0 fully saturated rings. The molecule has 0 N–H and O–H groups in total. The second-order valence-corrected chi connectivity index (χ2v) is 4.28. The first-order valence-corrected chi connectivity index (χ1v) is 5.45. The van der Waals surface area contributed by atoms with E-state index < -0.39 is 0 Å². The first kappa shape index (κ1) is 9.75. The fraction of sp³-hybridized carbons (Fsp3) is 0. The molecular weight excluding hydrogens is 259 g/mol. The Kier molecular flexibility index (Phi) is 2.90. The van der Waals surface area contributed by atoms with Gasteiger partial charge in [0.15, 0.2) is 0 Å². The molecule has 0 aliphatic rings. The lowest BCUT2D eigenvalue weighted by Crippen LogP contribution is -1.78. The number of hydrogen-bond donors (Lipinski definition) is 0. The SMILES string of the molecule is Clc1ccc(-c2ccccc2)c(Br)c1. The number of halogens is 2. The van der Waals surface area contributed by atoms with E-state index in [-0.39, 0.29) is 0 Å².